The maximum absolute atomic E-state index is 11.5. The van der Waals surface area contributed by atoms with Crippen molar-refractivity contribution in [2.45, 2.75) is 31.4 Å². The number of nitrogens with zero attached hydrogens (tertiary/aromatic N) is 1. The molecule has 7 nitrogen and oxygen atoms in total. The van der Waals surface area contributed by atoms with Crippen molar-refractivity contribution in [3.63, 3.8) is 0 Å². The molecule has 1 aromatic heterocycles. The second kappa shape index (κ2) is 7.31. The van der Waals surface area contributed by atoms with Gasteiger partial charge in [0.15, 0.2) is 5.58 Å². The third kappa shape index (κ3) is 4.78. The fraction of sp³-hybridized carbons (Fsp3) is 0.400. The first-order chi connectivity index (χ1) is 11.2. The minimum absolute atomic E-state index is 0.0382. The number of hydrogen-bond donors (Lipinski definition) is 2. The van der Waals surface area contributed by atoms with Crippen molar-refractivity contribution in [3.8, 4) is 0 Å². The Labute approximate surface area is 147 Å². The summed E-state index contributed by atoms with van der Waals surface area (Å²) in [6, 6.07) is 2.92. The van der Waals surface area contributed by atoms with Gasteiger partial charge in [-0.1, -0.05) is 16.8 Å². The molecule has 2 aromatic rings. The highest BCUT2D eigenvalue weighted by Crippen LogP contribution is 2.32. The van der Waals surface area contributed by atoms with E-state index in [1.165, 1.54) is 17.8 Å². The van der Waals surface area contributed by atoms with Crippen LogP contribution in [0.15, 0.2) is 21.7 Å². The van der Waals surface area contributed by atoms with Gasteiger partial charge in [0.25, 0.3) is 0 Å². The Balaban J connectivity index is 1.99. The van der Waals surface area contributed by atoms with E-state index in [9.17, 15) is 9.59 Å². The van der Waals surface area contributed by atoms with Gasteiger partial charge in [0.2, 0.25) is 0 Å². The Morgan fingerprint density at radius 3 is 2.75 bits per heavy atom. The molecule has 0 saturated heterocycles. The lowest BCUT2D eigenvalue weighted by atomic mass is 10.1. The number of carbonyl (C=O) groups is 2. The fourth-order valence-corrected chi connectivity index (χ4v) is 2.88. The smallest absolute Gasteiger partial charge is 0.407 e. The zero-order valence-corrected chi connectivity index (χ0v) is 15.0. The van der Waals surface area contributed by atoms with Gasteiger partial charge in [0.1, 0.15) is 16.2 Å². The van der Waals surface area contributed by atoms with Gasteiger partial charge in [-0.15, -0.1) is 11.8 Å². The number of hydrogen-bond acceptors (Lipinski definition) is 6. The highest BCUT2D eigenvalue weighted by atomic mass is 35.5. The molecule has 0 fully saturated rings. The van der Waals surface area contributed by atoms with Crippen LogP contribution in [0.5, 0.6) is 0 Å². The summed E-state index contributed by atoms with van der Waals surface area (Å²) < 4.78 is 10.2. The molecular formula is C15H17ClN2O5S. The quantitative estimate of drug-likeness (QED) is 0.608. The van der Waals surface area contributed by atoms with Crippen molar-refractivity contribution in [2.75, 3.05) is 12.3 Å². The van der Waals surface area contributed by atoms with Gasteiger partial charge in [-0.3, -0.25) is 0 Å². The molecular weight excluding hydrogens is 356 g/mol. The van der Waals surface area contributed by atoms with E-state index in [0.717, 1.165) is 0 Å². The number of aromatic carboxylic acids is 1. The van der Waals surface area contributed by atoms with E-state index in [4.69, 9.17) is 26.0 Å². The zero-order chi connectivity index (χ0) is 17.9. The standard InChI is InChI=1S/C15H17ClN2O5S/c1-15(2,3)22-14(21)17-4-5-24-12-9-6-8(16)7-10(13(19)20)11(9)23-18-12/h6-7H,4-5H2,1-3H3,(H,17,21)(H,19,20). The first kappa shape index (κ1) is 18.4. The van der Waals surface area contributed by atoms with Gasteiger partial charge < -0.3 is 19.7 Å². The van der Waals surface area contributed by atoms with Crippen LogP contribution in [-0.4, -0.2) is 40.2 Å². The van der Waals surface area contributed by atoms with Gasteiger partial charge in [-0.05, 0) is 32.9 Å². The van der Waals surface area contributed by atoms with E-state index in [1.807, 2.05) is 0 Å². The van der Waals surface area contributed by atoms with Crippen LogP contribution in [0.3, 0.4) is 0 Å². The van der Waals surface area contributed by atoms with Gasteiger partial charge >= 0.3 is 12.1 Å². The summed E-state index contributed by atoms with van der Waals surface area (Å²) in [4.78, 5) is 22.7. The van der Waals surface area contributed by atoms with Crippen LogP contribution in [0.4, 0.5) is 4.79 Å². The van der Waals surface area contributed by atoms with Gasteiger partial charge in [0.05, 0.1) is 5.39 Å². The average Bonchev–Trinajstić information content (AvgIpc) is 2.83. The zero-order valence-electron chi connectivity index (χ0n) is 13.4. The normalized spacial score (nSPS) is 11.5. The van der Waals surface area contributed by atoms with E-state index in [0.29, 0.717) is 22.7 Å². The molecule has 24 heavy (non-hydrogen) atoms. The lowest BCUT2D eigenvalue weighted by Crippen LogP contribution is -2.33. The summed E-state index contributed by atoms with van der Waals surface area (Å²) in [5.41, 5.74) is -0.415. The summed E-state index contributed by atoms with van der Waals surface area (Å²) >= 11 is 7.26. The van der Waals surface area contributed by atoms with Crippen LogP contribution < -0.4 is 5.32 Å². The predicted octanol–water partition coefficient (Wildman–Crippen LogP) is 3.80. The van der Waals surface area contributed by atoms with Gasteiger partial charge in [0, 0.05) is 17.3 Å². The summed E-state index contributed by atoms with van der Waals surface area (Å²) in [5, 5.41) is 17.0. The minimum Gasteiger partial charge on any atom is -0.478 e. The first-order valence-corrected chi connectivity index (χ1v) is 8.45. The largest absolute Gasteiger partial charge is 0.478 e. The monoisotopic (exact) mass is 372 g/mol. The number of thioether (sulfide) groups is 1. The SMILES string of the molecule is CC(C)(C)OC(=O)NCCSc1noc2c(C(=O)O)cc(Cl)cc12. The van der Waals surface area contributed by atoms with Crippen LogP contribution in [-0.2, 0) is 4.74 Å². The minimum atomic E-state index is -1.14. The molecule has 0 aliphatic carbocycles. The predicted molar refractivity (Wildman–Crippen MR) is 90.9 cm³/mol. The number of carboxylic acid groups (broad SMARTS) is 1. The van der Waals surface area contributed by atoms with Crippen LogP contribution >= 0.6 is 23.4 Å². The Hall–Kier alpha value is -1.93. The molecule has 0 spiro atoms. The number of nitrogens with one attached hydrogen (secondary N) is 1. The first-order valence-electron chi connectivity index (χ1n) is 7.09. The third-order valence-electron chi connectivity index (χ3n) is 2.74. The number of halogens is 1. The summed E-state index contributed by atoms with van der Waals surface area (Å²) in [5.74, 6) is -0.628. The van der Waals surface area contributed by atoms with Crippen molar-refractivity contribution >= 4 is 46.4 Å². The fourth-order valence-electron chi connectivity index (χ4n) is 1.87. The molecule has 0 saturated carbocycles. The Morgan fingerprint density at radius 2 is 2.12 bits per heavy atom. The number of benzene rings is 1. The lowest BCUT2D eigenvalue weighted by Gasteiger charge is -2.19. The molecule has 130 valence electrons. The van der Waals surface area contributed by atoms with E-state index >= 15 is 0 Å². The second-order valence-corrected chi connectivity index (χ2v) is 7.42. The molecule has 0 bridgehead atoms. The van der Waals surface area contributed by atoms with Gasteiger partial charge in [-0.25, -0.2) is 9.59 Å². The van der Waals surface area contributed by atoms with E-state index in [-0.39, 0.29) is 16.2 Å². The van der Waals surface area contributed by atoms with E-state index < -0.39 is 17.7 Å². The van der Waals surface area contributed by atoms with Crippen molar-refractivity contribution in [1.82, 2.24) is 10.5 Å². The topological polar surface area (TPSA) is 102 Å². The third-order valence-corrected chi connectivity index (χ3v) is 3.94. The second-order valence-electron chi connectivity index (χ2n) is 5.90. The number of alkyl carbamates (subject to hydrolysis) is 1. The van der Waals surface area contributed by atoms with Crippen LogP contribution in [0.25, 0.3) is 11.0 Å². The molecule has 1 aromatic carbocycles. The molecule has 2 rings (SSSR count). The van der Waals surface area contributed by atoms with E-state index in [2.05, 4.69) is 10.5 Å². The van der Waals surface area contributed by atoms with Crippen molar-refractivity contribution < 1.29 is 24.0 Å². The van der Waals surface area contributed by atoms with Crippen LogP contribution in [0, 0.1) is 0 Å². The summed E-state index contributed by atoms with van der Waals surface area (Å²) in [6.07, 6.45) is -0.496. The number of carbonyl (C=O) groups excluding carboxylic acids is 1. The molecule has 0 aliphatic rings. The molecule has 0 atom stereocenters. The Bertz CT molecular complexity index is 769. The number of carboxylic acids is 1. The van der Waals surface area contributed by atoms with Crippen molar-refractivity contribution in [2.24, 2.45) is 0 Å². The Morgan fingerprint density at radius 1 is 1.42 bits per heavy atom. The van der Waals surface area contributed by atoms with Crippen LogP contribution in [0.2, 0.25) is 5.02 Å². The van der Waals surface area contributed by atoms with Crippen molar-refractivity contribution in [1.29, 1.82) is 0 Å². The molecule has 0 unspecified atom stereocenters. The molecule has 2 N–H and O–H groups in total. The Kier molecular flexibility index (Phi) is 5.61. The number of amides is 1. The van der Waals surface area contributed by atoms with Gasteiger partial charge in [-0.2, -0.15) is 0 Å². The maximum Gasteiger partial charge on any atom is 0.407 e. The molecule has 9 heteroatoms. The molecule has 1 amide bonds. The number of rotatable bonds is 5. The highest BCUT2D eigenvalue weighted by Gasteiger charge is 2.19. The van der Waals surface area contributed by atoms with E-state index in [1.54, 1.807) is 26.8 Å². The molecule has 1 heterocycles. The maximum atomic E-state index is 11.5. The lowest BCUT2D eigenvalue weighted by molar-refractivity contribution is 0.0530. The van der Waals surface area contributed by atoms with Crippen LogP contribution in [0.1, 0.15) is 31.1 Å². The highest BCUT2D eigenvalue weighted by molar-refractivity contribution is 7.99. The average molecular weight is 373 g/mol. The molecule has 0 radical (unpaired) electrons. The number of aromatic nitrogens is 1. The molecule has 0 aliphatic heterocycles. The van der Waals surface area contributed by atoms with Crippen molar-refractivity contribution in [3.05, 3.63) is 22.7 Å². The number of ether oxygens (including phenoxy) is 1. The summed E-state index contributed by atoms with van der Waals surface area (Å²) in [7, 11) is 0. The summed E-state index contributed by atoms with van der Waals surface area (Å²) in [6.45, 7) is 5.71. The number of fused-ring (bicyclic) bond motifs is 1.